The molecule has 2 heteroatoms. The lowest BCUT2D eigenvalue weighted by Gasteiger charge is -2.20. The molecule has 114 valence electrons. The predicted octanol–water partition coefficient (Wildman–Crippen LogP) is 4.46. The Bertz CT molecular complexity index is 581. The van der Waals surface area contributed by atoms with Crippen LogP contribution in [0.2, 0.25) is 0 Å². The third-order valence-electron chi connectivity index (χ3n) is 4.16. The Morgan fingerprint density at radius 2 is 1.86 bits per heavy atom. The molecule has 0 aliphatic carbocycles. The van der Waals surface area contributed by atoms with E-state index < -0.39 is 0 Å². The molecule has 0 saturated heterocycles. The van der Waals surface area contributed by atoms with Crippen LogP contribution in [0.25, 0.3) is 0 Å². The van der Waals surface area contributed by atoms with Crippen LogP contribution in [0.3, 0.4) is 0 Å². The molecular formula is C19H28N2. The number of hydrogen-bond acceptors (Lipinski definition) is 1. The molecule has 21 heavy (non-hydrogen) atoms. The van der Waals surface area contributed by atoms with Gasteiger partial charge in [-0.05, 0) is 54.6 Å². The molecule has 0 aliphatic rings. The van der Waals surface area contributed by atoms with Crippen LogP contribution in [-0.4, -0.2) is 11.1 Å². The average Bonchev–Trinajstić information content (AvgIpc) is 2.88. The van der Waals surface area contributed by atoms with E-state index in [-0.39, 0.29) is 0 Å². The minimum absolute atomic E-state index is 0.441. The van der Waals surface area contributed by atoms with Gasteiger partial charge in [-0.1, -0.05) is 39.0 Å². The van der Waals surface area contributed by atoms with E-state index in [0.29, 0.717) is 12.0 Å². The summed E-state index contributed by atoms with van der Waals surface area (Å²) < 4.78 is 2.28. The highest BCUT2D eigenvalue weighted by molar-refractivity contribution is 5.30. The number of aromatic nitrogens is 1. The molecule has 0 radical (unpaired) electrons. The molecule has 0 saturated carbocycles. The van der Waals surface area contributed by atoms with E-state index >= 15 is 0 Å². The smallest absolute Gasteiger partial charge is 0.0470 e. The number of rotatable bonds is 6. The van der Waals surface area contributed by atoms with Crippen LogP contribution in [0, 0.1) is 19.8 Å². The summed E-state index contributed by atoms with van der Waals surface area (Å²) in [6.45, 7) is 13.0. The maximum atomic E-state index is 3.58. The van der Waals surface area contributed by atoms with E-state index in [1.54, 1.807) is 0 Å². The van der Waals surface area contributed by atoms with Crippen molar-refractivity contribution >= 4 is 0 Å². The van der Waals surface area contributed by atoms with E-state index in [1.165, 1.54) is 22.3 Å². The standard InChI is InChI=1S/C19H28N2/c1-6-20-19(14(2)3)18-9-10-21(13-18)12-17-8-7-15(4)16(5)11-17/h7-11,13-14,19-20H,6,12H2,1-5H3. The molecule has 1 aromatic carbocycles. The Balaban J connectivity index is 2.13. The lowest BCUT2D eigenvalue weighted by molar-refractivity contribution is 0.421. The van der Waals surface area contributed by atoms with Crippen molar-refractivity contribution in [3.63, 3.8) is 0 Å². The van der Waals surface area contributed by atoms with Crippen LogP contribution >= 0.6 is 0 Å². The van der Waals surface area contributed by atoms with Gasteiger partial charge in [0, 0.05) is 25.0 Å². The average molecular weight is 284 g/mol. The predicted molar refractivity (Wildman–Crippen MR) is 90.7 cm³/mol. The Kier molecular flexibility index (Phi) is 5.24. The second-order valence-electron chi connectivity index (χ2n) is 6.32. The highest BCUT2D eigenvalue weighted by atomic mass is 15.0. The van der Waals surface area contributed by atoms with Gasteiger partial charge in [0.1, 0.15) is 0 Å². The molecular weight excluding hydrogens is 256 g/mol. The molecule has 1 N–H and O–H groups in total. The molecule has 2 rings (SSSR count). The third-order valence-corrected chi connectivity index (χ3v) is 4.16. The summed E-state index contributed by atoms with van der Waals surface area (Å²) in [5.74, 6) is 0.599. The van der Waals surface area contributed by atoms with Gasteiger partial charge in [-0.25, -0.2) is 0 Å². The molecule has 1 atom stereocenters. The molecule has 2 aromatic rings. The van der Waals surface area contributed by atoms with Crippen molar-refractivity contribution in [1.29, 1.82) is 0 Å². The van der Waals surface area contributed by atoms with Crippen molar-refractivity contribution in [2.24, 2.45) is 5.92 Å². The van der Waals surface area contributed by atoms with Gasteiger partial charge >= 0.3 is 0 Å². The fourth-order valence-electron chi connectivity index (χ4n) is 2.81. The molecule has 1 unspecified atom stereocenters. The summed E-state index contributed by atoms with van der Waals surface area (Å²) in [4.78, 5) is 0. The van der Waals surface area contributed by atoms with Crippen LogP contribution in [-0.2, 0) is 6.54 Å². The molecule has 0 aliphatic heterocycles. The van der Waals surface area contributed by atoms with Crippen molar-refractivity contribution in [2.45, 2.75) is 47.2 Å². The molecule has 0 spiro atoms. The first-order chi connectivity index (χ1) is 10.0. The van der Waals surface area contributed by atoms with Gasteiger partial charge in [0.2, 0.25) is 0 Å². The van der Waals surface area contributed by atoms with Gasteiger partial charge in [-0.3, -0.25) is 0 Å². The van der Waals surface area contributed by atoms with E-state index in [9.17, 15) is 0 Å². The van der Waals surface area contributed by atoms with E-state index in [1.807, 2.05) is 0 Å². The van der Waals surface area contributed by atoms with Crippen LogP contribution in [0.5, 0.6) is 0 Å². The topological polar surface area (TPSA) is 17.0 Å². The first-order valence-corrected chi connectivity index (χ1v) is 7.96. The maximum Gasteiger partial charge on any atom is 0.0470 e. The fraction of sp³-hybridized carbons (Fsp3) is 0.474. The SMILES string of the molecule is CCNC(c1ccn(Cc2ccc(C)c(C)c2)c1)C(C)C. The Morgan fingerprint density at radius 3 is 2.48 bits per heavy atom. The zero-order valence-electron chi connectivity index (χ0n) is 14.0. The maximum absolute atomic E-state index is 3.58. The minimum atomic E-state index is 0.441. The third kappa shape index (κ3) is 3.98. The first-order valence-electron chi connectivity index (χ1n) is 7.96. The molecule has 0 bridgehead atoms. The van der Waals surface area contributed by atoms with Crippen LogP contribution in [0.15, 0.2) is 36.7 Å². The molecule has 1 heterocycles. The van der Waals surface area contributed by atoms with Crippen molar-refractivity contribution < 1.29 is 0 Å². The molecule has 1 aromatic heterocycles. The summed E-state index contributed by atoms with van der Waals surface area (Å²) >= 11 is 0. The summed E-state index contributed by atoms with van der Waals surface area (Å²) in [6.07, 6.45) is 4.47. The zero-order chi connectivity index (χ0) is 15.4. The van der Waals surface area contributed by atoms with Crippen molar-refractivity contribution in [3.05, 3.63) is 58.9 Å². The number of nitrogens with one attached hydrogen (secondary N) is 1. The first kappa shape index (κ1) is 15.8. The number of aryl methyl sites for hydroxylation is 2. The second-order valence-corrected chi connectivity index (χ2v) is 6.32. The largest absolute Gasteiger partial charge is 0.350 e. The monoisotopic (exact) mass is 284 g/mol. The summed E-state index contributed by atoms with van der Waals surface area (Å²) in [6, 6.07) is 9.42. The van der Waals surface area contributed by atoms with Gasteiger partial charge in [0.25, 0.3) is 0 Å². The summed E-state index contributed by atoms with van der Waals surface area (Å²) in [7, 11) is 0. The second kappa shape index (κ2) is 6.95. The van der Waals surface area contributed by atoms with Gasteiger partial charge in [0.15, 0.2) is 0 Å². The lowest BCUT2D eigenvalue weighted by atomic mass is 9.98. The summed E-state index contributed by atoms with van der Waals surface area (Å²) in [5.41, 5.74) is 5.48. The minimum Gasteiger partial charge on any atom is -0.350 e. The number of hydrogen-bond donors (Lipinski definition) is 1. The van der Waals surface area contributed by atoms with Crippen molar-refractivity contribution in [2.75, 3.05) is 6.54 Å². The van der Waals surface area contributed by atoms with E-state index in [2.05, 4.69) is 81.2 Å². The van der Waals surface area contributed by atoms with Gasteiger partial charge in [-0.2, -0.15) is 0 Å². The molecule has 2 nitrogen and oxygen atoms in total. The Labute approximate surface area is 129 Å². The van der Waals surface area contributed by atoms with Gasteiger partial charge in [0.05, 0.1) is 0 Å². The van der Waals surface area contributed by atoms with Crippen LogP contribution in [0.1, 0.15) is 49.1 Å². The highest BCUT2D eigenvalue weighted by Gasteiger charge is 2.15. The molecule has 0 amide bonds. The quantitative estimate of drug-likeness (QED) is 0.828. The van der Waals surface area contributed by atoms with Crippen molar-refractivity contribution in [3.8, 4) is 0 Å². The molecule has 0 fully saturated rings. The Hall–Kier alpha value is -1.54. The van der Waals surface area contributed by atoms with Crippen molar-refractivity contribution in [1.82, 2.24) is 9.88 Å². The Morgan fingerprint density at radius 1 is 1.10 bits per heavy atom. The van der Waals surface area contributed by atoms with Gasteiger partial charge < -0.3 is 9.88 Å². The van der Waals surface area contributed by atoms with E-state index in [0.717, 1.165) is 13.1 Å². The van der Waals surface area contributed by atoms with Crippen LogP contribution in [0.4, 0.5) is 0 Å². The number of nitrogens with zero attached hydrogens (tertiary/aromatic N) is 1. The van der Waals surface area contributed by atoms with E-state index in [4.69, 9.17) is 0 Å². The number of benzene rings is 1. The van der Waals surface area contributed by atoms with Crippen LogP contribution < -0.4 is 5.32 Å². The zero-order valence-corrected chi connectivity index (χ0v) is 14.0. The summed E-state index contributed by atoms with van der Waals surface area (Å²) in [5, 5.41) is 3.58. The fourth-order valence-corrected chi connectivity index (χ4v) is 2.81. The lowest BCUT2D eigenvalue weighted by Crippen LogP contribution is -2.25. The normalized spacial score (nSPS) is 12.9. The van der Waals surface area contributed by atoms with Gasteiger partial charge in [-0.15, -0.1) is 0 Å². The highest BCUT2D eigenvalue weighted by Crippen LogP contribution is 2.22.